The number of nitrogens with zero attached hydrogens (tertiary/aromatic N) is 4. The number of thiazole rings is 1. The van der Waals surface area contributed by atoms with Crippen LogP contribution in [0.1, 0.15) is 27.2 Å². The Hall–Kier alpha value is -3.65. The van der Waals surface area contributed by atoms with Crippen molar-refractivity contribution in [1.29, 1.82) is 0 Å². The van der Waals surface area contributed by atoms with Crippen LogP contribution in [0.15, 0.2) is 60.8 Å². The predicted octanol–water partition coefficient (Wildman–Crippen LogP) is 5.06. The van der Waals surface area contributed by atoms with Crippen LogP contribution >= 0.6 is 11.3 Å². The highest BCUT2D eigenvalue weighted by Gasteiger charge is 2.23. The first kappa shape index (κ1) is 19.7. The van der Waals surface area contributed by atoms with Crippen molar-refractivity contribution in [1.82, 2.24) is 9.97 Å². The first-order chi connectivity index (χ1) is 14.4. The minimum atomic E-state index is -0.488. The van der Waals surface area contributed by atoms with E-state index in [4.69, 9.17) is 4.98 Å². The lowest BCUT2D eigenvalue weighted by atomic mass is 10.1. The number of amides is 1. The second kappa shape index (κ2) is 8.00. The third kappa shape index (κ3) is 3.90. The molecule has 1 amide bonds. The standard InChI is InChI=1S/C22H18N4O3S/c1-14-11-19-20(12-15(14)2)30-22(24-19)25(13-17-5-3-4-10-23-17)21(27)16-6-8-18(9-7-16)26(28)29/h3-12H,13H2,1-2H3. The van der Waals surface area contributed by atoms with Crippen molar-refractivity contribution in [3.05, 3.63) is 93.3 Å². The smallest absolute Gasteiger partial charge is 0.269 e. The van der Waals surface area contributed by atoms with Crippen molar-refractivity contribution < 1.29 is 9.72 Å². The van der Waals surface area contributed by atoms with Gasteiger partial charge in [0.25, 0.3) is 11.6 Å². The van der Waals surface area contributed by atoms with Gasteiger partial charge in [0.1, 0.15) is 0 Å². The molecule has 0 saturated heterocycles. The third-order valence-electron chi connectivity index (χ3n) is 4.84. The van der Waals surface area contributed by atoms with Crippen LogP contribution in [0.4, 0.5) is 10.8 Å². The number of aryl methyl sites for hydroxylation is 2. The fraction of sp³-hybridized carbons (Fsp3) is 0.136. The Morgan fingerprint density at radius 3 is 2.50 bits per heavy atom. The van der Waals surface area contributed by atoms with Crippen LogP contribution in [0, 0.1) is 24.0 Å². The van der Waals surface area contributed by atoms with Gasteiger partial charge in [0, 0.05) is 23.9 Å². The van der Waals surface area contributed by atoms with Crippen molar-refractivity contribution in [3.8, 4) is 0 Å². The predicted molar refractivity (Wildman–Crippen MR) is 117 cm³/mol. The van der Waals surface area contributed by atoms with Gasteiger partial charge in [-0.15, -0.1) is 0 Å². The van der Waals surface area contributed by atoms with Crippen molar-refractivity contribution >= 4 is 38.3 Å². The number of non-ortho nitro benzene ring substituents is 1. The summed E-state index contributed by atoms with van der Waals surface area (Å²) in [7, 11) is 0. The van der Waals surface area contributed by atoms with Gasteiger partial charge in [-0.1, -0.05) is 17.4 Å². The number of nitro benzene ring substituents is 1. The van der Waals surface area contributed by atoms with Crippen LogP contribution < -0.4 is 4.90 Å². The molecule has 0 aliphatic carbocycles. The van der Waals surface area contributed by atoms with Crippen molar-refractivity contribution in [2.45, 2.75) is 20.4 Å². The SMILES string of the molecule is Cc1cc2nc(N(Cc3ccccn3)C(=O)c3ccc([N+](=O)[O-])cc3)sc2cc1C. The van der Waals surface area contributed by atoms with E-state index in [1.807, 2.05) is 38.1 Å². The Balaban J connectivity index is 1.76. The molecule has 4 rings (SSSR count). The number of aromatic nitrogens is 2. The molecule has 0 spiro atoms. The average molecular weight is 418 g/mol. The second-order valence-corrected chi connectivity index (χ2v) is 7.93. The number of pyridine rings is 1. The van der Waals surface area contributed by atoms with Gasteiger partial charge >= 0.3 is 0 Å². The highest BCUT2D eigenvalue weighted by atomic mass is 32.1. The Morgan fingerprint density at radius 1 is 1.10 bits per heavy atom. The van der Waals surface area contributed by atoms with Gasteiger partial charge in [-0.3, -0.25) is 24.8 Å². The number of hydrogen-bond acceptors (Lipinski definition) is 6. The number of rotatable bonds is 5. The molecule has 0 saturated carbocycles. The Bertz CT molecular complexity index is 1200. The van der Waals surface area contributed by atoms with Crippen LogP contribution in [-0.4, -0.2) is 20.8 Å². The van der Waals surface area contributed by atoms with Crippen molar-refractivity contribution in [2.75, 3.05) is 4.90 Å². The summed E-state index contributed by atoms with van der Waals surface area (Å²) in [6.07, 6.45) is 1.68. The minimum absolute atomic E-state index is 0.0613. The van der Waals surface area contributed by atoms with Gasteiger partial charge in [-0.05, 0) is 61.4 Å². The molecule has 0 aliphatic heterocycles. The fourth-order valence-electron chi connectivity index (χ4n) is 3.04. The number of benzene rings is 2. The summed E-state index contributed by atoms with van der Waals surface area (Å²) >= 11 is 1.44. The van der Waals surface area contributed by atoms with Gasteiger partial charge in [0.05, 0.1) is 27.4 Å². The molecule has 150 valence electrons. The highest BCUT2D eigenvalue weighted by Crippen LogP contribution is 2.32. The van der Waals surface area contributed by atoms with E-state index in [9.17, 15) is 14.9 Å². The Kier molecular flexibility index (Phi) is 5.24. The van der Waals surface area contributed by atoms with Gasteiger partial charge in [-0.25, -0.2) is 4.98 Å². The second-order valence-electron chi connectivity index (χ2n) is 6.92. The van der Waals surface area contributed by atoms with Gasteiger partial charge in [0.2, 0.25) is 0 Å². The summed E-state index contributed by atoms with van der Waals surface area (Å²) in [5.74, 6) is -0.289. The van der Waals surface area contributed by atoms with Crippen LogP contribution in [0.25, 0.3) is 10.2 Å². The largest absolute Gasteiger partial charge is 0.278 e. The summed E-state index contributed by atoms with van der Waals surface area (Å²) in [5.41, 5.74) is 4.14. The summed E-state index contributed by atoms with van der Waals surface area (Å²) in [4.78, 5) is 34.4. The van der Waals surface area contributed by atoms with Crippen LogP contribution in [0.3, 0.4) is 0 Å². The maximum atomic E-state index is 13.3. The summed E-state index contributed by atoms with van der Waals surface area (Å²) in [6.45, 7) is 4.32. The Morgan fingerprint density at radius 2 is 1.83 bits per heavy atom. The molecule has 0 aliphatic rings. The summed E-state index contributed by atoms with van der Waals surface area (Å²) < 4.78 is 0.996. The quantitative estimate of drug-likeness (QED) is 0.334. The molecule has 0 bridgehead atoms. The normalized spacial score (nSPS) is 10.9. The molecule has 2 aromatic heterocycles. The molecule has 7 nitrogen and oxygen atoms in total. The molecular weight excluding hydrogens is 400 g/mol. The van der Waals surface area contributed by atoms with E-state index in [-0.39, 0.29) is 18.1 Å². The van der Waals surface area contributed by atoms with E-state index in [2.05, 4.69) is 11.1 Å². The van der Waals surface area contributed by atoms with Crippen molar-refractivity contribution in [3.63, 3.8) is 0 Å². The van der Waals surface area contributed by atoms with Crippen LogP contribution in [0.5, 0.6) is 0 Å². The van der Waals surface area contributed by atoms with E-state index >= 15 is 0 Å². The van der Waals surface area contributed by atoms with Crippen molar-refractivity contribution in [2.24, 2.45) is 0 Å². The topological polar surface area (TPSA) is 89.2 Å². The zero-order valence-electron chi connectivity index (χ0n) is 16.4. The van der Waals surface area contributed by atoms with E-state index < -0.39 is 4.92 Å². The molecule has 30 heavy (non-hydrogen) atoms. The molecule has 0 radical (unpaired) electrons. The molecule has 2 aromatic carbocycles. The number of nitro groups is 1. The first-order valence-electron chi connectivity index (χ1n) is 9.26. The number of carbonyl (C=O) groups is 1. The zero-order valence-corrected chi connectivity index (χ0v) is 17.2. The molecule has 0 unspecified atom stereocenters. The third-order valence-corrected chi connectivity index (χ3v) is 5.88. The number of anilines is 1. The van der Waals surface area contributed by atoms with Crippen LogP contribution in [-0.2, 0) is 6.54 Å². The molecule has 0 N–H and O–H groups in total. The average Bonchev–Trinajstić information content (AvgIpc) is 3.15. The summed E-state index contributed by atoms with van der Waals surface area (Å²) in [6, 6.07) is 15.2. The van der Waals surface area contributed by atoms with E-state index in [1.54, 1.807) is 11.1 Å². The number of hydrogen-bond donors (Lipinski definition) is 0. The zero-order chi connectivity index (χ0) is 21.3. The van der Waals surface area contributed by atoms with Gasteiger partial charge < -0.3 is 0 Å². The number of carbonyl (C=O) groups excluding carboxylic acids is 1. The maximum absolute atomic E-state index is 13.3. The van der Waals surface area contributed by atoms with E-state index in [0.717, 1.165) is 27.0 Å². The first-order valence-corrected chi connectivity index (χ1v) is 10.1. The highest BCUT2D eigenvalue weighted by molar-refractivity contribution is 7.22. The van der Waals surface area contributed by atoms with Gasteiger partial charge in [-0.2, -0.15) is 0 Å². The lowest BCUT2D eigenvalue weighted by molar-refractivity contribution is -0.384. The number of fused-ring (bicyclic) bond motifs is 1. The van der Waals surface area contributed by atoms with E-state index in [0.29, 0.717) is 10.7 Å². The maximum Gasteiger partial charge on any atom is 0.269 e. The molecule has 0 atom stereocenters. The monoisotopic (exact) mass is 418 g/mol. The Labute approximate surface area is 176 Å². The lowest BCUT2D eigenvalue weighted by Crippen LogP contribution is -2.30. The summed E-state index contributed by atoms with van der Waals surface area (Å²) in [5, 5.41) is 11.5. The van der Waals surface area contributed by atoms with E-state index in [1.165, 1.54) is 35.6 Å². The minimum Gasteiger partial charge on any atom is -0.278 e. The molecule has 0 fully saturated rings. The molecular formula is C22H18N4O3S. The van der Waals surface area contributed by atoms with Gasteiger partial charge in [0.15, 0.2) is 5.13 Å². The molecule has 4 aromatic rings. The fourth-order valence-corrected chi connectivity index (χ4v) is 4.09. The lowest BCUT2D eigenvalue weighted by Gasteiger charge is -2.19. The van der Waals surface area contributed by atoms with Crippen LogP contribution in [0.2, 0.25) is 0 Å². The molecule has 8 heteroatoms. The molecule has 2 heterocycles.